The fraction of sp³-hybridized carbons (Fsp3) is 0.318. The second-order valence-corrected chi connectivity index (χ2v) is 7.08. The molecule has 0 saturated carbocycles. The summed E-state index contributed by atoms with van der Waals surface area (Å²) in [4.78, 5) is 23.4. The van der Waals surface area contributed by atoms with Gasteiger partial charge in [0.2, 0.25) is 5.91 Å². The predicted octanol–water partition coefficient (Wildman–Crippen LogP) is 3.64. The van der Waals surface area contributed by atoms with Crippen molar-refractivity contribution in [2.24, 2.45) is 0 Å². The summed E-state index contributed by atoms with van der Waals surface area (Å²) in [6.07, 6.45) is 0.468. The van der Waals surface area contributed by atoms with E-state index in [0.29, 0.717) is 25.1 Å². The van der Waals surface area contributed by atoms with Gasteiger partial charge in [-0.1, -0.05) is 30.3 Å². The van der Waals surface area contributed by atoms with Gasteiger partial charge in [-0.05, 0) is 37.1 Å². The van der Waals surface area contributed by atoms with Gasteiger partial charge in [0.15, 0.2) is 0 Å². The Bertz CT molecular complexity index is 1020. The summed E-state index contributed by atoms with van der Waals surface area (Å²) < 4.78 is 15.4. The number of carboxylic acids is 1. The largest absolute Gasteiger partial charge is 0.481 e. The molecule has 3 rings (SSSR count). The molecule has 0 saturated heterocycles. The Labute approximate surface area is 168 Å². The number of para-hydroxylation sites is 1. The lowest BCUT2D eigenvalue weighted by Crippen LogP contribution is -2.27. The molecule has 7 heteroatoms. The van der Waals surface area contributed by atoms with Gasteiger partial charge in [0, 0.05) is 30.8 Å². The Morgan fingerprint density at radius 3 is 2.72 bits per heavy atom. The van der Waals surface area contributed by atoms with Crippen LogP contribution in [0.2, 0.25) is 0 Å². The maximum Gasteiger partial charge on any atom is 0.303 e. The number of hydrogen-bond donors (Lipinski definition) is 2. The van der Waals surface area contributed by atoms with Crippen LogP contribution in [-0.4, -0.2) is 33.3 Å². The first kappa shape index (κ1) is 20.5. The van der Waals surface area contributed by atoms with E-state index in [1.54, 1.807) is 6.07 Å². The summed E-state index contributed by atoms with van der Waals surface area (Å²) in [5.74, 6) is -2.28. The number of carbonyl (C=O) groups excluding carboxylic acids is 1. The number of halogens is 1. The van der Waals surface area contributed by atoms with Crippen LogP contribution in [0.25, 0.3) is 10.9 Å². The average Bonchev–Trinajstić information content (AvgIpc) is 3.00. The maximum absolute atomic E-state index is 13.5. The van der Waals surface area contributed by atoms with Crippen LogP contribution in [-0.2, 0) is 16.1 Å². The van der Waals surface area contributed by atoms with Crippen LogP contribution in [0.1, 0.15) is 36.4 Å². The van der Waals surface area contributed by atoms with Crippen LogP contribution in [0.5, 0.6) is 0 Å². The van der Waals surface area contributed by atoms with E-state index in [1.165, 1.54) is 18.2 Å². The Morgan fingerprint density at radius 2 is 1.97 bits per heavy atom. The number of rotatable bonds is 9. The van der Waals surface area contributed by atoms with E-state index in [-0.39, 0.29) is 18.7 Å². The van der Waals surface area contributed by atoms with Crippen molar-refractivity contribution in [1.82, 2.24) is 15.1 Å². The van der Waals surface area contributed by atoms with Crippen molar-refractivity contribution >= 4 is 22.8 Å². The van der Waals surface area contributed by atoms with E-state index in [2.05, 4.69) is 10.4 Å². The first-order valence-corrected chi connectivity index (χ1v) is 9.60. The van der Waals surface area contributed by atoms with E-state index in [1.807, 2.05) is 35.9 Å². The third kappa shape index (κ3) is 5.40. The highest BCUT2D eigenvalue weighted by molar-refractivity contribution is 5.81. The van der Waals surface area contributed by atoms with Crippen molar-refractivity contribution in [1.29, 1.82) is 0 Å². The number of aromatic nitrogens is 2. The molecular weight excluding hydrogens is 373 g/mol. The molecule has 152 valence electrons. The highest BCUT2D eigenvalue weighted by Crippen LogP contribution is 2.24. The zero-order chi connectivity index (χ0) is 20.8. The first-order valence-electron chi connectivity index (χ1n) is 9.60. The number of fused-ring (bicyclic) bond motifs is 1. The van der Waals surface area contributed by atoms with Crippen LogP contribution >= 0.6 is 0 Å². The molecule has 2 N–H and O–H groups in total. The Morgan fingerprint density at radius 1 is 1.17 bits per heavy atom. The minimum absolute atomic E-state index is 0.000435. The average molecular weight is 397 g/mol. The number of carboxylic acid groups (broad SMARTS) is 1. The number of benzene rings is 2. The minimum Gasteiger partial charge on any atom is -0.481 e. The Balaban J connectivity index is 1.53. The molecule has 0 aliphatic rings. The molecule has 0 bridgehead atoms. The molecule has 0 aliphatic heterocycles. The van der Waals surface area contributed by atoms with E-state index in [9.17, 15) is 14.0 Å². The summed E-state index contributed by atoms with van der Waals surface area (Å²) in [6.45, 7) is 3.09. The van der Waals surface area contributed by atoms with Crippen molar-refractivity contribution < 1.29 is 19.1 Å². The van der Waals surface area contributed by atoms with Gasteiger partial charge in [-0.15, -0.1) is 0 Å². The first-order chi connectivity index (χ1) is 13.9. The van der Waals surface area contributed by atoms with Gasteiger partial charge in [-0.2, -0.15) is 5.10 Å². The molecule has 6 nitrogen and oxygen atoms in total. The lowest BCUT2D eigenvalue weighted by Gasteiger charge is -2.15. The second kappa shape index (κ2) is 9.32. The number of aryl methyl sites for hydroxylation is 2. The van der Waals surface area contributed by atoms with E-state index < -0.39 is 17.7 Å². The van der Waals surface area contributed by atoms with Crippen molar-refractivity contribution in [2.45, 2.75) is 38.6 Å². The number of nitrogens with zero attached hydrogens (tertiary/aromatic N) is 2. The molecule has 3 aromatic rings. The topological polar surface area (TPSA) is 84.2 Å². The molecule has 0 aliphatic carbocycles. The standard InChI is InChI=1S/C22H24FN3O3/c1-15-19-8-2-3-9-20(19)26(25-15)11-5-10-24-21(27)13-17(14-22(28)29)16-6-4-7-18(23)12-16/h2-4,6-9,12,17H,5,10-11,13-14H2,1H3,(H,24,27)(H,28,29). The SMILES string of the molecule is Cc1nn(CCCNC(=O)CC(CC(=O)O)c2cccc(F)c2)c2ccccc12. The van der Waals surface area contributed by atoms with Crippen LogP contribution in [0.15, 0.2) is 48.5 Å². The lowest BCUT2D eigenvalue weighted by atomic mass is 9.92. The van der Waals surface area contributed by atoms with Crippen molar-refractivity contribution in [2.75, 3.05) is 6.54 Å². The Hall–Kier alpha value is -3.22. The number of nitrogens with one attached hydrogen (secondary N) is 1. The summed E-state index contributed by atoms with van der Waals surface area (Å²) in [6, 6.07) is 13.7. The monoisotopic (exact) mass is 397 g/mol. The second-order valence-electron chi connectivity index (χ2n) is 7.08. The van der Waals surface area contributed by atoms with Crippen LogP contribution < -0.4 is 5.32 Å². The molecular formula is C22H24FN3O3. The summed E-state index contributed by atoms with van der Waals surface area (Å²) in [7, 11) is 0. The van der Waals surface area contributed by atoms with Crippen molar-refractivity contribution in [3.63, 3.8) is 0 Å². The summed E-state index contributed by atoms with van der Waals surface area (Å²) in [5.41, 5.74) is 2.54. The zero-order valence-corrected chi connectivity index (χ0v) is 16.3. The van der Waals surface area contributed by atoms with Crippen LogP contribution in [0.3, 0.4) is 0 Å². The smallest absolute Gasteiger partial charge is 0.303 e. The van der Waals surface area contributed by atoms with E-state index >= 15 is 0 Å². The van der Waals surface area contributed by atoms with E-state index in [0.717, 1.165) is 16.6 Å². The highest BCUT2D eigenvalue weighted by Gasteiger charge is 2.19. The quantitative estimate of drug-likeness (QED) is 0.540. The maximum atomic E-state index is 13.5. The number of amides is 1. The van der Waals surface area contributed by atoms with Crippen molar-refractivity contribution in [3.8, 4) is 0 Å². The van der Waals surface area contributed by atoms with Gasteiger partial charge in [0.1, 0.15) is 5.82 Å². The van der Waals surface area contributed by atoms with Crippen LogP contribution in [0.4, 0.5) is 4.39 Å². The number of carbonyl (C=O) groups is 2. The summed E-state index contributed by atoms with van der Waals surface area (Å²) >= 11 is 0. The minimum atomic E-state index is -1.02. The molecule has 1 unspecified atom stereocenters. The molecule has 0 spiro atoms. The molecule has 29 heavy (non-hydrogen) atoms. The molecule has 1 atom stereocenters. The molecule has 1 amide bonds. The highest BCUT2D eigenvalue weighted by atomic mass is 19.1. The van der Waals surface area contributed by atoms with Crippen LogP contribution in [0, 0.1) is 12.7 Å². The number of aliphatic carboxylic acids is 1. The fourth-order valence-electron chi connectivity index (χ4n) is 3.50. The third-order valence-electron chi connectivity index (χ3n) is 4.88. The zero-order valence-electron chi connectivity index (χ0n) is 16.3. The Kier molecular flexibility index (Phi) is 6.59. The van der Waals surface area contributed by atoms with Gasteiger partial charge in [0.05, 0.1) is 17.6 Å². The third-order valence-corrected chi connectivity index (χ3v) is 4.88. The number of hydrogen-bond acceptors (Lipinski definition) is 3. The van der Waals surface area contributed by atoms with Gasteiger partial charge >= 0.3 is 5.97 Å². The van der Waals surface area contributed by atoms with E-state index in [4.69, 9.17) is 5.11 Å². The predicted molar refractivity (Wildman–Crippen MR) is 108 cm³/mol. The van der Waals surface area contributed by atoms with Crippen molar-refractivity contribution in [3.05, 3.63) is 65.6 Å². The molecule has 0 fully saturated rings. The normalized spacial score (nSPS) is 12.1. The molecule has 1 heterocycles. The van der Waals surface area contributed by atoms with Gasteiger partial charge in [-0.3, -0.25) is 14.3 Å². The van der Waals surface area contributed by atoms with Gasteiger partial charge in [-0.25, -0.2) is 4.39 Å². The fourth-order valence-corrected chi connectivity index (χ4v) is 3.50. The summed E-state index contributed by atoms with van der Waals surface area (Å²) in [5, 5.41) is 17.6. The molecule has 2 aromatic carbocycles. The lowest BCUT2D eigenvalue weighted by molar-refractivity contribution is -0.137. The molecule has 1 aromatic heterocycles. The van der Waals surface area contributed by atoms with Gasteiger partial charge < -0.3 is 10.4 Å². The molecule has 0 radical (unpaired) electrons. The van der Waals surface area contributed by atoms with Gasteiger partial charge in [0.25, 0.3) is 0 Å².